The normalized spacial score (nSPS) is 22.1. The molecule has 2 aromatic rings. The highest BCUT2D eigenvalue weighted by Gasteiger charge is 2.35. The summed E-state index contributed by atoms with van der Waals surface area (Å²) in [4.78, 5) is 11.6. The molecule has 7 nitrogen and oxygen atoms in total. The molecule has 0 unspecified atom stereocenters. The smallest absolute Gasteiger partial charge is 0.163 e. The van der Waals surface area contributed by atoms with E-state index in [1.54, 1.807) is 10.9 Å². The molecule has 1 N–H and O–H groups in total. The first-order chi connectivity index (χ1) is 11.2. The van der Waals surface area contributed by atoms with E-state index in [0.29, 0.717) is 13.1 Å². The highest BCUT2D eigenvalue weighted by molar-refractivity contribution is 5.87. The lowest BCUT2D eigenvalue weighted by Gasteiger charge is -2.22. The molecular formula is C17H27N5O2. The van der Waals surface area contributed by atoms with Gasteiger partial charge in [0.25, 0.3) is 0 Å². The van der Waals surface area contributed by atoms with Gasteiger partial charge in [-0.3, -0.25) is 4.68 Å². The van der Waals surface area contributed by atoms with Crippen molar-refractivity contribution >= 4 is 16.9 Å². The van der Waals surface area contributed by atoms with Crippen molar-refractivity contribution in [1.82, 2.24) is 19.7 Å². The fourth-order valence-corrected chi connectivity index (χ4v) is 3.00. The van der Waals surface area contributed by atoms with Crippen LogP contribution in [0.3, 0.4) is 0 Å². The lowest BCUT2D eigenvalue weighted by Crippen LogP contribution is -2.29. The molecule has 0 radical (unpaired) electrons. The van der Waals surface area contributed by atoms with Crippen molar-refractivity contribution in [1.29, 1.82) is 0 Å². The number of aryl methyl sites for hydroxylation is 1. The molecule has 7 heteroatoms. The summed E-state index contributed by atoms with van der Waals surface area (Å²) in [5, 5.41) is 15.6. The maximum atomic E-state index is 10.3. The molecule has 24 heavy (non-hydrogen) atoms. The van der Waals surface area contributed by atoms with Crippen LogP contribution in [0.25, 0.3) is 11.0 Å². The highest BCUT2D eigenvalue weighted by atomic mass is 16.5. The molecular weight excluding hydrogens is 306 g/mol. The Labute approximate surface area is 142 Å². The van der Waals surface area contributed by atoms with E-state index in [2.05, 4.69) is 30.8 Å². The van der Waals surface area contributed by atoms with Gasteiger partial charge in [-0.15, -0.1) is 0 Å². The third-order valence-electron chi connectivity index (χ3n) is 4.23. The number of fused-ring (bicyclic) bond motifs is 1. The Morgan fingerprint density at radius 2 is 1.96 bits per heavy atom. The van der Waals surface area contributed by atoms with Crippen molar-refractivity contribution in [3.05, 3.63) is 12.0 Å². The van der Waals surface area contributed by atoms with Crippen LogP contribution in [-0.2, 0) is 17.2 Å². The first-order valence-corrected chi connectivity index (χ1v) is 8.45. The van der Waals surface area contributed by atoms with Gasteiger partial charge in [0.05, 0.1) is 23.8 Å². The zero-order valence-corrected chi connectivity index (χ0v) is 15.3. The van der Waals surface area contributed by atoms with Crippen LogP contribution in [0.1, 0.15) is 40.4 Å². The van der Waals surface area contributed by atoms with Crippen molar-refractivity contribution in [3.63, 3.8) is 0 Å². The average Bonchev–Trinajstić information content (AvgIpc) is 3.01. The van der Waals surface area contributed by atoms with E-state index in [0.717, 1.165) is 22.7 Å². The zero-order chi connectivity index (χ0) is 17.6. The number of aromatic nitrogens is 4. The van der Waals surface area contributed by atoms with Gasteiger partial charge < -0.3 is 14.7 Å². The molecule has 1 fully saturated rings. The first-order valence-electron chi connectivity index (χ1n) is 8.45. The molecule has 0 bridgehead atoms. The topological polar surface area (TPSA) is 76.3 Å². The number of β-amino-alcohol motifs (C(OH)–C–C–N with tert-alkyl or cyclic N) is 1. The summed E-state index contributed by atoms with van der Waals surface area (Å²) in [6.07, 6.45) is 1.15. The molecule has 3 rings (SSSR count). The molecule has 0 aliphatic carbocycles. The number of nitrogens with zero attached hydrogens (tertiary/aromatic N) is 5. The minimum atomic E-state index is -0.521. The monoisotopic (exact) mass is 333 g/mol. The van der Waals surface area contributed by atoms with Crippen molar-refractivity contribution in [2.24, 2.45) is 7.05 Å². The van der Waals surface area contributed by atoms with Gasteiger partial charge in [-0.1, -0.05) is 20.8 Å². The van der Waals surface area contributed by atoms with Gasteiger partial charge in [0.15, 0.2) is 5.65 Å². The van der Waals surface area contributed by atoms with Crippen LogP contribution in [0.5, 0.6) is 0 Å². The Hall–Kier alpha value is -1.73. The maximum Gasteiger partial charge on any atom is 0.163 e. The van der Waals surface area contributed by atoms with Crippen LogP contribution >= 0.6 is 0 Å². The standard InChI is InChI=1S/C17H27N5O2/c1-10(2)24-13-9-22(8-12(13)23)15-11-7-18-21(6)14(11)19-16(20-15)17(3,4)5/h7,10,12-13,23H,8-9H2,1-6H3/t12-,13-/m0/s1. The summed E-state index contributed by atoms with van der Waals surface area (Å²) in [7, 11) is 1.88. The van der Waals surface area contributed by atoms with Gasteiger partial charge in [-0.25, -0.2) is 9.97 Å². The molecule has 0 amide bonds. The van der Waals surface area contributed by atoms with E-state index >= 15 is 0 Å². The molecule has 1 aliphatic heterocycles. The van der Waals surface area contributed by atoms with Crippen molar-refractivity contribution in [3.8, 4) is 0 Å². The number of anilines is 1. The Bertz CT molecular complexity index is 734. The molecule has 132 valence electrons. The van der Waals surface area contributed by atoms with Gasteiger partial charge in [-0.2, -0.15) is 5.10 Å². The summed E-state index contributed by atoms with van der Waals surface area (Å²) in [6.45, 7) is 11.4. The second-order valence-electron chi connectivity index (χ2n) is 7.82. The third kappa shape index (κ3) is 3.10. The fourth-order valence-electron chi connectivity index (χ4n) is 3.00. The number of hydrogen-bond donors (Lipinski definition) is 1. The predicted octanol–water partition coefficient (Wildman–Crippen LogP) is 1.64. The largest absolute Gasteiger partial charge is 0.388 e. The number of rotatable bonds is 3. The van der Waals surface area contributed by atoms with E-state index in [9.17, 15) is 5.11 Å². The highest BCUT2D eigenvalue weighted by Crippen LogP contribution is 2.30. The first kappa shape index (κ1) is 17.1. The molecule has 3 heterocycles. The summed E-state index contributed by atoms with van der Waals surface area (Å²) < 4.78 is 7.60. The second-order valence-corrected chi connectivity index (χ2v) is 7.82. The molecule has 1 saturated heterocycles. The predicted molar refractivity (Wildman–Crippen MR) is 93.2 cm³/mol. The summed E-state index contributed by atoms with van der Waals surface area (Å²) in [6, 6.07) is 0. The zero-order valence-electron chi connectivity index (χ0n) is 15.3. The third-order valence-corrected chi connectivity index (χ3v) is 4.23. The number of aliphatic hydroxyl groups is 1. The van der Waals surface area contributed by atoms with Gasteiger partial charge >= 0.3 is 0 Å². The van der Waals surface area contributed by atoms with Gasteiger partial charge in [-0.05, 0) is 13.8 Å². The van der Waals surface area contributed by atoms with E-state index in [1.807, 2.05) is 20.9 Å². The van der Waals surface area contributed by atoms with E-state index in [-0.39, 0.29) is 17.6 Å². The summed E-state index contributed by atoms with van der Waals surface area (Å²) in [5.74, 6) is 1.60. The Morgan fingerprint density at radius 1 is 1.25 bits per heavy atom. The van der Waals surface area contributed by atoms with Crippen LogP contribution in [0, 0.1) is 0 Å². The Morgan fingerprint density at radius 3 is 2.58 bits per heavy atom. The van der Waals surface area contributed by atoms with E-state index in [4.69, 9.17) is 14.7 Å². The second kappa shape index (κ2) is 5.97. The quantitative estimate of drug-likeness (QED) is 0.920. The Kier molecular flexibility index (Phi) is 4.25. The minimum absolute atomic E-state index is 0.0820. The number of aliphatic hydroxyl groups excluding tert-OH is 1. The van der Waals surface area contributed by atoms with Crippen LogP contribution in [-0.4, -0.2) is 56.3 Å². The minimum Gasteiger partial charge on any atom is -0.388 e. The average molecular weight is 333 g/mol. The van der Waals surface area contributed by atoms with Gasteiger partial charge in [0, 0.05) is 25.6 Å². The molecule has 1 aliphatic rings. The van der Waals surface area contributed by atoms with Crippen molar-refractivity contribution in [2.45, 2.75) is 58.3 Å². The number of ether oxygens (including phenoxy) is 1. The molecule has 2 atom stereocenters. The number of hydrogen-bond acceptors (Lipinski definition) is 6. The van der Waals surface area contributed by atoms with Crippen LogP contribution in [0.2, 0.25) is 0 Å². The lowest BCUT2D eigenvalue weighted by molar-refractivity contribution is -0.0386. The van der Waals surface area contributed by atoms with Crippen LogP contribution in [0.4, 0.5) is 5.82 Å². The van der Waals surface area contributed by atoms with Crippen LogP contribution in [0.15, 0.2) is 6.20 Å². The SMILES string of the molecule is CC(C)O[C@H]1CN(c2nc(C(C)(C)C)nc3c2cnn3C)C[C@@H]1O. The molecule has 0 aromatic carbocycles. The summed E-state index contributed by atoms with van der Waals surface area (Å²) in [5.41, 5.74) is 0.645. The fraction of sp³-hybridized carbons (Fsp3) is 0.706. The lowest BCUT2D eigenvalue weighted by atomic mass is 9.95. The summed E-state index contributed by atoms with van der Waals surface area (Å²) >= 11 is 0. The van der Waals surface area contributed by atoms with Crippen LogP contribution < -0.4 is 4.90 Å². The van der Waals surface area contributed by atoms with E-state index in [1.165, 1.54) is 0 Å². The maximum absolute atomic E-state index is 10.3. The Balaban J connectivity index is 2.03. The van der Waals surface area contributed by atoms with E-state index < -0.39 is 6.10 Å². The van der Waals surface area contributed by atoms with Gasteiger partial charge in [0.2, 0.25) is 0 Å². The van der Waals surface area contributed by atoms with Crippen molar-refractivity contribution in [2.75, 3.05) is 18.0 Å². The van der Waals surface area contributed by atoms with Crippen molar-refractivity contribution < 1.29 is 9.84 Å². The molecule has 0 saturated carbocycles. The molecule has 0 spiro atoms. The molecule has 2 aromatic heterocycles. The van der Waals surface area contributed by atoms with Gasteiger partial charge in [0.1, 0.15) is 17.7 Å².